The predicted molar refractivity (Wildman–Crippen MR) is 153 cm³/mol. The van der Waals surface area contributed by atoms with Gasteiger partial charge in [0.15, 0.2) is 0 Å². The van der Waals surface area contributed by atoms with Crippen LogP contribution in [0.1, 0.15) is 31.2 Å². The Hall–Kier alpha value is -3.08. The monoisotopic (exact) mass is 548 g/mol. The van der Waals surface area contributed by atoms with Crippen LogP contribution in [-0.4, -0.2) is 49.3 Å². The molecule has 8 heteroatoms. The van der Waals surface area contributed by atoms with Crippen LogP contribution < -0.4 is 10.2 Å². The second-order valence-electron chi connectivity index (χ2n) is 9.81. The van der Waals surface area contributed by atoms with Crippen LogP contribution in [0.15, 0.2) is 66.7 Å². The Bertz CT molecular complexity index is 1290. The van der Waals surface area contributed by atoms with E-state index >= 15 is 0 Å². The van der Waals surface area contributed by atoms with Gasteiger partial charge < -0.3 is 15.0 Å². The fourth-order valence-corrected chi connectivity index (χ4v) is 5.97. The lowest BCUT2D eigenvalue weighted by molar-refractivity contribution is 0.0254. The molecule has 2 fully saturated rings. The second kappa shape index (κ2) is 12.2. The molecule has 2 amide bonds. The van der Waals surface area contributed by atoms with Crippen molar-refractivity contribution >= 4 is 40.6 Å². The van der Waals surface area contributed by atoms with Gasteiger partial charge in [-0.1, -0.05) is 47.5 Å². The van der Waals surface area contributed by atoms with E-state index in [2.05, 4.69) is 16.3 Å². The third-order valence-electron chi connectivity index (χ3n) is 7.37. The number of benzene rings is 3. The van der Waals surface area contributed by atoms with Gasteiger partial charge in [0.05, 0.1) is 11.6 Å². The van der Waals surface area contributed by atoms with Gasteiger partial charge in [0.1, 0.15) is 0 Å². The van der Waals surface area contributed by atoms with Crippen LogP contribution in [0.2, 0.25) is 10.0 Å². The molecule has 3 aromatic rings. The summed E-state index contributed by atoms with van der Waals surface area (Å²) >= 11 is 12.4. The van der Waals surface area contributed by atoms with Gasteiger partial charge in [-0.2, -0.15) is 5.26 Å². The van der Waals surface area contributed by atoms with E-state index in [1.807, 2.05) is 47.4 Å². The first kappa shape index (κ1) is 26.5. The summed E-state index contributed by atoms with van der Waals surface area (Å²) < 4.78 is 5.54. The van der Waals surface area contributed by atoms with Gasteiger partial charge in [0.25, 0.3) is 0 Å². The summed E-state index contributed by atoms with van der Waals surface area (Å²) in [5, 5.41) is 13.2. The Labute approximate surface area is 233 Å². The van der Waals surface area contributed by atoms with E-state index in [0.29, 0.717) is 27.3 Å². The maximum atomic E-state index is 13.7. The van der Waals surface area contributed by atoms with E-state index in [9.17, 15) is 10.1 Å². The molecule has 1 N–H and O–H groups in total. The molecule has 0 spiro atoms. The summed E-state index contributed by atoms with van der Waals surface area (Å²) in [6.45, 7) is 3.54. The minimum absolute atomic E-state index is 0.0495. The molecule has 0 aliphatic carbocycles. The van der Waals surface area contributed by atoms with Crippen LogP contribution in [0.5, 0.6) is 0 Å². The average Bonchev–Trinajstić information content (AvgIpc) is 2.94. The number of ether oxygens (including phenoxy) is 1. The zero-order valence-electron chi connectivity index (χ0n) is 21.1. The molecule has 0 atom stereocenters. The summed E-state index contributed by atoms with van der Waals surface area (Å²) in [5.41, 5.74) is 3.94. The maximum Gasteiger partial charge on any atom is 0.326 e. The molecular weight excluding hydrogens is 519 g/mol. The lowest BCUT2D eigenvalue weighted by Crippen LogP contribution is -2.52. The first-order chi connectivity index (χ1) is 18.5. The maximum absolute atomic E-state index is 13.7. The van der Waals surface area contributed by atoms with Gasteiger partial charge in [-0.3, -0.25) is 4.90 Å². The smallest absolute Gasteiger partial charge is 0.326 e. The Morgan fingerprint density at radius 1 is 0.921 bits per heavy atom. The van der Waals surface area contributed by atoms with Crippen molar-refractivity contribution < 1.29 is 9.53 Å². The number of piperidine rings is 1. The van der Waals surface area contributed by atoms with Crippen molar-refractivity contribution in [2.75, 3.05) is 36.5 Å². The number of halogens is 2. The number of urea groups is 1. The van der Waals surface area contributed by atoms with Gasteiger partial charge in [-0.05, 0) is 79.3 Å². The summed E-state index contributed by atoms with van der Waals surface area (Å²) in [6, 6.07) is 23.1. The van der Waals surface area contributed by atoms with Crippen molar-refractivity contribution in [2.24, 2.45) is 0 Å². The van der Waals surface area contributed by atoms with E-state index in [1.54, 1.807) is 24.3 Å². The number of nitrogens with one attached hydrogen (secondary N) is 1. The molecule has 0 bridgehead atoms. The van der Waals surface area contributed by atoms with Gasteiger partial charge in [-0.15, -0.1) is 0 Å². The molecule has 2 aliphatic heterocycles. The molecule has 3 aromatic carbocycles. The SMILES string of the molecule is N#Cc1cccc(-c2ccc(N(C(=O)Nc3cc(Cl)cc(Cl)c3)C3CCN(C4CCOCC4)CC3)cc2)c1. The molecular formula is C30H30Cl2N4O2. The molecule has 0 radical (unpaired) electrons. The van der Waals surface area contributed by atoms with Crippen molar-refractivity contribution in [3.8, 4) is 17.2 Å². The van der Waals surface area contributed by atoms with Crippen molar-refractivity contribution in [3.05, 3.63) is 82.3 Å². The van der Waals surface area contributed by atoms with Crippen LogP contribution in [0.4, 0.5) is 16.2 Å². The number of nitrogens with zero attached hydrogens (tertiary/aromatic N) is 3. The van der Waals surface area contributed by atoms with Crippen molar-refractivity contribution in [1.82, 2.24) is 4.90 Å². The number of amides is 2. The fraction of sp³-hybridized carbons (Fsp3) is 0.333. The number of likely N-dealkylation sites (tertiary alicyclic amines) is 1. The first-order valence-electron chi connectivity index (χ1n) is 13.0. The van der Waals surface area contributed by atoms with Crippen LogP contribution >= 0.6 is 23.2 Å². The summed E-state index contributed by atoms with van der Waals surface area (Å²) in [5.74, 6) is 0. The van der Waals surface area contributed by atoms with Crippen molar-refractivity contribution in [2.45, 2.75) is 37.8 Å². The zero-order valence-corrected chi connectivity index (χ0v) is 22.6. The topological polar surface area (TPSA) is 68.6 Å². The number of nitriles is 1. The first-order valence-corrected chi connectivity index (χ1v) is 13.7. The average molecular weight is 550 g/mol. The van der Waals surface area contributed by atoms with Gasteiger partial charge in [0, 0.05) is 59.8 Å². The molecule has 5 rings (SSSR count). The molecule has 2 heterocycles. The minimum atomic E-state index is -0.216. The number of carbonyl (C=O) groups excluding carboxylic acids is 1. The summed E-state index contributed by atoms with van der Waals surface area (Å²) in [7, 11) is 0. The Morgan fingerprint density at radius 2 is 1.61 bits per heavy atom. The molecule has 2 aliphatic rings. The fourth-order valence-electron chi connectivity index (χ4n) is 5.45. The highest BCUT2D eigenvalue weighted by Gasteiger charge is 2.32. The molecule has 38 heavy (non-hydrogen) atoms. The minimum Gasteiger partial charge on any atom is -0.381 e. The molecule has 0 aromatic heterocycles. The Balaban J connectivity index is 1.38. The number of rotatable bonds is 5. The van der Waals surface area contributed by atoms with E-state index in [1.165, 1.54) is 0 Å². The molecule has 2 saturated heterocycles. The van der Waals surface area contributed by atoms with E-state index < -0.39 is 0 Å². The van der Waals surface area contributed by atoms with Crippen LogP contribution in [-0.2, 0) is 4.74 Å². The van der Waals surface area contributed by atoms with E-state index in [4.69, 9.17) is 27.9 Å². The highest BCUT2D eigenvalue weighted by Crippen LogP contribution is 2.30. The highest BCUT2D eigenvalue weighted by atomic mass is 35.5. The van der Waals surface area contributed by atoms with Crippen LogP contribution in [0, 0.1) is 11.3 Å². The van der Waals surface area contributed by atoms with Crippen molar-refractivity contribution in [3.63, 3.8) is 0 Å². The normalized spacial score (nSPS) is 17.1. The van der Waals surface area contributed by atoms with Crippen LogP contribution in [0.3, 0.4) is 0 Å². The molecule has 0 unspecified atom stereocenters. The quantitative estimate of drug-likeness (QED) is 0.365. The van der Waals surface area contributed by atoms with E-state index in [0.717, 1.165) is 68.8 Å². The lowest BCUT2D eigenvalue weighted by Gasteiger charge is -2.42. The largest absolute Gasteiger partial charge is 0.381 e. The van der Waals surface area contributed by atoms with Gasteiger partial charge >= 0.3 is 6.03 Å². The third-order valence-corrected chi connectivity index (χ3v) is 7.81. The summed E-state index contributed by atoms with van der Waals surface area (Å²) in [6.07, 6.45) is 3.90. The number of hydrogen-bond donors (Lipinski definition) is 1. The second-order valence-corrected chi connectivity index (χ2v) is 10.7. The predicted octanol–water partition coefficient (Wildman–Crippen LogP) is 7.21. The zero-order chi connectivity index (χ0) is 26.5. The molecule has 0 saturated carbocycles. The standard InChI is InChI=1S/C30H30Cl2N4O2/c31-24-17-25(32)19-26(18-24)34-30(37)36(29-8-12-35(13-9-29)27-10-14-38-15-11-27)28-6-4-22(5-7-28)23-3-1-2-21(16-23)20-33/h1-7,16-19,27,29H,8-15H2,(H,34,37). The van der Waals surface area contributed by atoms with E-state index in [-0.39, 0.29) is 12.1 Å². The lowest BCUT2D eigenvalue weighted by atomic mass is 9.97. The summed E-state index contributed by atoms with van der Waals surface area (Å²) in [4.78, 5) is 18.1. The highest BCUT2D eigenvalue weighted by molar-refractivity contribution is 6.35. The van der Waals surface area contributed by atoms with Gasteiger partial charge in [0.2, 0.25) is 0 Å². The van der Waals surface area contributed by atoms with Gasteiger partial charge in [-0.25, -0.2) is 4.79 Å². The number of anilines is 2. The molecule has 6 nitrogen and oxygen atoms in total. The molecule has 196 valence electrons. The van der Waals surface area contributed by atoms with Crippen molar-refractivity contribution in [1.29, 1.82) is 5.26 Å². The Kier molecular flexibility index (Phi) is 8.51. The number of hydrogen-bond acceptors (Lipinski definition) is 4. The number of carbonyl (C=O) groups is 1. The third kappa shape index (κ3) is 6.31. The Morgan fingerprint density at radius 3 is 2.26 bits per heavy atom. The van der Waals surface area contributed by atoms with Crippen LogP contribution in [0.25, 0.3) is 11.1 Å².